The number of anilines is 1. The summed E-state index contributed by atoms with van der Waals surface area (Å²) in [5, 5.41) is 13.3. The van der Waals surface area contributed by atoms with E-state index in [0.29, 0.717) is 36.8 Å². The second-order valence-electron chi connectivity index (χ2n) is 7.05. The van der Waals surface area contributed by atoms with Gasteiger partial charge in [-0.2, -0.15) is 0 Å². The van der Waals surface area contributed by atoms with E-state index in [9.17, 15) is 4.79 Å². The predicted molar refractivity (Wildman–Crippen MR) is 116 cm³/mol. The number of ether oxygens (including phenoxy) is 2. The fraction of sp³-hybridized carbons (Fsp3) is 0.182. The molecule has 0 saturated heterocycles. The number of benzene rings is 2. The molecule has 0 bridgehead atoms. The van der Waals surface area contributed by atoms with E-state index < -0.39 is 0 Å². The van der Waals surface area contributed by atoms with Crippen LogP contribution in [0.3, 0.4) is 0 Å². The van der Waals surface area contributed by atoms with Crippen LogP contribution in [0.5, 0.6) is 11.5 Å². The van der Waals surface area contributed by atoms with Gasteiger partial charge in [0.25, 0.3) is 5.91 Å². The number of hydrogen-bond acceptors (Lipinski definition) is 7. The predicted octanol–water partition coefficient (Wildman–Crippen LogP) is 3.65. The van der Waals surface area contributed by atoms with E-state index in [4.69, 9.17) is 9.47 Å². The number of aromatic nitrogens is 4. The number of carbonyl (C=O) groups excluding carboxylic acids is 1. The lowest BCUT2D eigenvalue weighted by atomic mass is 10.1. The molecule has 31 heavy (non-hydrogen) atoms. The van der Waals surface area contributed by atoms with Crippen LogP contribution in [0, 0.1) is 6.92 Å². The maximum atomic E-state index is 13.6. The largest absolute Gasteiger partial charge is 0.486 e. The van der Waals surface area contributed by atoms with E-state index in [1.54, 1.807) is 27.0 Å². The summed E-state index contributed by atoms with van der Waals surface area (Å²) in [5.74, 6) is 1.24. The monoisotopic (exact) mass is 433 g/mol. The van der Waals surface area contributed by atoms with E-state index >= 15 is 0 Å². The van der Waals surface area contributed by atoms with Crippen LogP contribution in [-0.4, -0.2) is 39.3 Å². The Morgan fingerprint density at radius 1 is 1.13 bits per heavy atom. The zero-order valence-corrected chi connectivity index (χ0v) is 17.6. The lowest BCUT2D eigenvalue weighted by Gasteiger charge is -2.25. The second-order valence-corrected chi connectivity index (χ2v) is 8.09. The topological polar surface area (TPSA) is 82.4 Å². The molecule has 4 aromatic rings. The molecule has 9 heteroatoms. The number of rotatable bonds is 5. The van der Waals surface area contributed by atoms with Gasteiger partial charge in [0.15, 0.2) is 11.5 Å². The van der Waals surface area contributed by atoms with Crippen LogP contribution in [0.1, 0.15) is 20.8 Å². The van der Waals surface area contributed by atoms with Crippen molar-refractivity contribution >= 4 is 22.9 Å². The molecule has 0 unspecified atom stereocenters. The van der Waals surface area contributed by atoms with Crippen LogP contribution in [0.2, 0.25) is 0 Å². The first kappa shape index (κ1) is 19.3. The summed E-state index contributed by atoms with van der Waals surface area (Å²) < 4.78 is 12.9. The molecule has 2 aromatic heterocycles. The van der Waals surface area contributed by atoms with Crippen molar-refractivity contribution in [2.45, 2.75) is 13.5 Å². The summed E-state index contributed by atoms with van der Waals surface area (Å²) in [6.07, 6.45) is 1.53. The number of amides is 1. The molecular formula is C22H19N5O3S. The lowest BCUT2D eigenvalue weighted by Crippen LogP contribution is -2.30. The molecule has 0 saturated carbocycles. The highest BCUT2D eigenvalue weighted by atomic mass is 32.1. The van der Waals surface area contributed by atoms with Gasteiger partial charge in [0.05, 0.1) is 12.2 Å². The van der Waals surface area contributed by atoms with Gasteiger partial charge in [-0.3, -0.25) is 4.79 Å². The number of thiophene rings is 1. The Morgan fingerprint density at radius 3 is 2.74 bits per heavy atom. The van der Waals surface area contributed by atoms with Gasteiger partial charge in [0.1, 0.15) is 19.5 Å². The number of fused-ring (bicyclic) bond motifs is 1. The van der Waals surface area contributed by atoms with Crippen molar-refractivity contribution in [3.63, 3.8) is 0 Å². The Labute approximate surface area is 182 Å². The van der Waals surface area contributed by atoms with Crippen molar-refractivity contribution in [2.75, 3.05) is 18.1 Å². The normalized spacial score (nSPS) is 12.5. The Balaban J connectivity index is 1.50. The second kappa shape index (κ2) is 8.19. The Hall–Kier alpha value is -3.72. The molecule has 1 aliphatic rings. The summed E-state index contributed by atoms with van der Waals surface area (Å²) in [6, 6.07) is 15.1. The van der Waals surface area contributed by atoms with E-state index in [-0.39, 0.29) is 5.91 Å². The third-order valence-electron chi connectivity index (χ3n) is 5.02. The van der Waals surface area contributed by atoms with Crippen molar-refractivity contribution < 1.29 is 14.3 Å². The Bertz CT molecular complexity index is 1210. The maximum Gasteiger partial charge on any atom is 0.258 e. The molecule has 5 rings (SSSR count). The standard InChI is InChI=1S/C22H19N5O3S/c1-15-11-16(4-6-19(15)27-14-23-24-25-27)22(28)26(13-18-3-2-10-31-18)17-5-7-20-21(12-17)30-9-8-29-20/h2-7,10-12,14H,8-9,13H2,1H3. The lowest BCUT2D eigenvalue weighted by molar-refractivity contribution is 0.0985. The number of tetrazole rings is 1. The van der Waals surface area contributed by atoms with E-state index in [1.807, 2.05) is 54.8 Å². The van der Waals surface area contributed by atoms with Crippen LogP contribution in [-0.2, 0) is 6.54 Å². The van der Waals surface area contributed by atoms with Crippen molar-refractivity contribution in [1.29, 1.82) is 0 Å². The van der Waals surface area contributed by atoms with E-state index in [2.05, 4.69) is 15.5 Å². The molecule has 0 N–H and O–H groups in total. The van der Waals surface area contributed by atoms with E-state index in [0.717, 1.165) is 21.8 Å². The highest BCUT2D eigenvalue weighted by Gasteiger charge is 2.22. The number of nitrogens with zero attached hydrogens (tertiary/aromatic N) is 5. The molecule has 156 valence electrons. The molecule has 0 spiro atoms. The van der Waals surface area contributed by atoms with Crippen LogP contribution >= 0.6 is 11.3 Å². The number of hydrogen-bond donors (Lipinski definition) is 0. The van der Waals surface area contributed by atoms with Crippen LogP contribution in [0.4, 0.5) is 5.69 Å². The quantitative estimate of drug-likeness (QED) is 0.478. The first-order chi connectivity index (χ1) is 15.2. The maximum absolute atomic E-state index is 13.6. The minimum absolute atomic E-state index is 0.101. The van der Waals surface area contributed by atoms with Gasteiger partial charge in [-0.05, 0) is 64.7 Å². The molecule has 1 amide bonds. The van der Waals surface area contributed by atoms with Gasteiger partial charge < -0.3 is 14.4 Å². The molecule has 0 radical (unpaired) electrons. The van der Waals surface area contributed by atoms with Crippen LogP contribution in [0.15, 0.2) is 60.2 Å². The summed E-state index contributed by atoms with van der Waals surface area (Å²) >= 11 is 1.62. The number of aryl methyl sites for hydroxylation is 1. The van der Waals surface area contributed by atoms with Crippen molar-refractivity contribution in [3.8, 4) is 17.2 Å². The first-order valence-electron chi connectivity index (χ1n) is 9.77. The SMILES string of the molecule is Cc1cc(C(=O)N(Cc2cccs2)c2ccc3c(c2)OCCO3)ccc1-n1cnnn1. The first-order valence-corrected chi connectivity index (χ1v) is 10.6. The zero-order chi connectivity index (χ0) is 21.2. The molecule has 0 fully saturated rings. The molecule has 2 aromatic carbocycles. The smallest absolute Gasteiger partial charge is 0.258 e. The molecule has 0 atom stereocenters. The average Bonchev–Trinajstić information content (AvgIpc) is 3.51. The minimum atomic E-state index is -0.101. The molecule has 0 aliphatic carbocycles. The van der Waals surface area contributed by atoms with Gasteiger partial charge in [-0.25, -0.2) is 4.68 Å². The Morgan fingerprint density at radius 2 is 2.00 bits per heavy atom. The van der Waals surface area contributed by atoms with Gasteiger partial charge >= 0.3 is 0 Å². The van der Waals surface area contributed by atoms with E-state index in [1.165, 1.54) is 6.33 Å². The summed E-state index contributed by atoms with van der Waals surface area (Å²) in [5.41, 5.74) is 3.06. The summed E-state index contributed by atoms with van der Waals surface area (Å²) in [4.78, 5) is 16.4. The fourth-order valence-corrected chi connectivity index (χ4v) is 4.20. The van der Waals surface area contributed by atoms with Crippen molar-refractivity contribution in [3.05, 3.63) is 76.2 Å². The molecule has 1 aliphatic heterocycles. The third-order valence-corrected chi connectivity index (χ3v) is 5.88. The van der Waals surface area contributed by atoms with Gasteiger partial charge in [0, 0.05) is 22.2 Å². The highest BCUT2D eigenvalue weighted by Crippen LogP contribution is 2.35. The van der Waals surface area contributed by atoms with Gasteiger partial charge in [0.2, 0.25) is 0 Å². The Kier molecular flexibility index (Phi) is 5.09. The van der Waals surface area contributed by atoms with Crippen LogP contribution < -0.4 is 14.4 Å². The zero-order valence-electron chi connectivity index (χ0n) is 16.8. The summed E-state index contributed by atoms with van der Waals surface area (Å²) in [6.45, 7) is 3.41. The highest BCUT2D eigenvalue weighted by molar-refractivity contribution is 7.09. The van der Waals surface area contributed by atoms with Gasteiger partial charge in [-0.1, -0.05) is 6.07 Å². The average molecular weight is 433 g/mol. The number of carbonyl (C=O) groups is 1. The fourth-order valence-electron chi connectivity index (χ4n) is 3.51. The minimum Gasteiger partial charge on any atom is -0.486 e. The van der Waals surface area contributed by atoms with Crippen molar-refractivity contribution in [2.24, 2.45) is 0 Å². The summed E-state index contributed by atoms with van der Waals surface area (Å²) in [7, 11) is 0. The molecule has 8 nitrogen and oxygen atoms in total. The molecule has 3 heterocycles. The van der Waals surface area contributed by atoms with Crippen LogP contribution in [0.25, 0.3) is 5.69 Å². The molecular weight excluding hydrogens is 414 g/mol. The third kappa shape index (κ3) is 3.87. The van der Waals surface area contributed by atoms with Gasteiger partial charge in [-0.15, -0.1) is 16.4 Å². The van der Waals surface area contributed by atoms with Crippen molar-refractivity contribution in [1.82, 2.24) is 20.2 Å².